The number of carbonyl (C=O) groups is 1. The van der Waals surface area contributed by atoms with Crippen molar-refractivity contribution >= 4 is 39.8 Å². The van der Waals surface area contributed by atoms with E-state index in [1.54, 1.807) is 18.2 Å². The minimum atomic E-state index is -0.308. The number of rotatable bonds is 9. The highest BCUT2D eigenvalue weighted by Gasteiger charge is 2.26. The molecule has 3 aromatic carbocycles. The van der Waals surface area contributed by atoms with E-state index in [4.69, 9.17) is 0 Å². The molecule has 0 saturated carbocycles. The standard InChI is InChI=1S/C30H33N3O3S2/c1-21(38-29(28-11-6-18-37-28)22-7-3-2-4-8-22)33-16-14-32(15-17-33)13-12-31-30(36)25-19-23-9-5-10-26(34)24(23)20-27(25)35/h2-11,18-21,29,34-35H,12-17H2,1H3,(H,31,36). The van der Waals surface area contributed by atoms with Crippen molar-refractivity contribution in [1.29, 1.82) is 0 Å². The number of benzene rings is 3. The molecule has 198 valence electrons. The number of amides is 1. The normalized spacial score (nSPS) is 16.3. The Kier molecular flexibility index (Phi) is 8.54. The van der Waals surface area contributed by atoms with Crippen molar-refractivity contribution in [3.05, 3.63) is 94.2 Å². The molecule has 0 aliphatic carbocycles. The molecule has 0 bridgehead atoms. The third-order valence-corrected chi connectivity index (χ3v) is 9.67. The summed E-state index contributed by atoms with van der Waals surface area (Å²) in [6.45, 7) is 7.46. The molecule has 1 aliphatic heterocycles. The Hall–Kier alpha value is -3.04. The predicted molar refractivity (Wildman–Crippen MR) is 157 cm³/mol. The molecule has 2 unspecified atom stereocenters. The maximum atomic E-state index is 12.7. The molecule has 4 aromatic rings. The van der Waals surface area contributed by atoms with E-state index in [0.717, 1.165) is 32.7 Å². The molecule has 0 spiro atoms. The molecule has 0 radical (unpaired) electrons. The van der Waals surface area contributed by atoms with Crippen molar-refractivity contribution < 1.29 is 15.0 Å². The molecule has 38 heavy (non-hydrogen) atoms. The van der Waals surface area contributed by atoms with Crippen LogP contribution in [0.15, 0.2) is 78.2 Å². The van der Waals surface area contributed by atoms with E-state index in [1.165, 1.54) is 16.5 Å². The van der Waals surface area contributed by atoms with Crippen molar-refractivity contribution in [2.24, 2.45) is 0 Å². The van der Waals surface area contributed by atoms with Gasteiger partial charge < -0.3 is 15.5 Å². The number of phenolic OH excluding ortho intramolecular Hbond substituents is 2. The molecule has 3 N–H and O–H groups in total. The van der Waals surface area contributed by atoms with Gasteiger partial charge in [0.05, 0.1) is 16.2 Å². The number of hydrogen-bond donors (Lipinski definition) is 3. The lowest BCUT2D eigenvalue weighted by atomic mass is 10.0. The van der Waals surface area contributed by atoms with Gasteiger partial charge in [-0.3, -0.25) is 14.6 Å². The van der Waals surface area contributed by atoms with E-state index in [-0.39, 0.29) is 23.0 Å². The number of aromatic hydroxyl groups is 2. The van der Waals surface area contributed by atoms with E-state index < -0.39 is 0 Å². The zero-order chi connectivity index (χ0) is 26.5. The van der Waals surface area contributed by atoms with Crippen LogP contribution < -0.4 is 5.32 Å². The lowest BCUT2D eigenvalue weighted by Crippen LogP contribution is -2.50. The highest BCUT2D eigenvalue weighted by Crippen LogP contribution is 2.41. The van der Waals surface area contributed by atoms with Gasteiger partial charge in [0.15, 0.2) is 0 Å². The van der Waals surface area contributed by atoms with Gasteiger partial charge in [0.1, 0.15) is 11.5 Å². The van der Waals surface area contributed by atoms with Crippen LogP contribution in [-0.2, 0) is 0 Å². The summed E-state index contributed by atoms with van der Waals surface area (Å²) < 4.78 is 0. The van der Waals surface area contributed by atoms with E-state index >= 15 is 0 Å². The average Bonchev–Trinajstić information content (AvgIpc) is 3.47. The zero-order valence-electron chi connectivity index (χ0n) is 21.4. The van der Waals surface area contributed by atoms with Crippen LogP contribution in [0, 0.1) is 0 Å². The number of piperazine rings is 1. The number of thiophene rings is 1. The average molecular weight is 548 g/mol. The minimum absolute atomic E-state index is 0.0822. The number of hydrogen-bond acceptors (Lipinski definition) is 7. The second-order valence-electron chi connectivity index (χ2n) is 9.54. The summed E-state index contributed by atoms with van der Waals surface area (Å²) in [6.07, 6.45) is 0. The quantitative estimate of drug-likeness (QED) is 0.256. The maximum absolute atomic E-state index is 12.7. The van der Waals surface area contributed by atoms with Crippen molar-refractivity contribution in [3.8, 4) is 11.5 Å². The SMILES string of the molecule is CC(SC(c1ccccc1)c1cccs1)N1CCN(CCNC(=O)c2cc3cccc(O)c3cc2O)CC1. The molecule has 8 heteroatoms. The largest absolute Gasteiger partial charge is 0.507 e. The molecule has 5 rings (SSSR count). The fourth-order valence-corrected chi connectivity index (χ4v) is 7.28. The minimum Gasteiger partial charge on any atom is -0.507 e. The van der Waals surface area contributed by atoms with Gasteiger partial charge in [-0.2, -0.15) is 0 Å². The van der Waals surface area contributed by atoms with Crippen LogP contribution in [0.2, 0.25) is 0 Å². The van der Waals surface area contributed by atoms with Crippen LogP contribution in [-0.4, -0.2) is 70.6 Å². The number of carbonyl (C=O) groups excluding carboxylic acids is 1. The topological polar surface area (TPSA) is 76.0 Å². The first kappa shape index (κ1) is 26.6. The number of fused-ring (bicyclic) bond motifs is 1. The van der Waals surface area contributed by atoms with E-state index in [2.05, 4.69) is 69.9 Å². The summed E-state index contributed by atoms with van der Waals surface area (Å²) in [7, 11) is 0. The van der Waals surface area contributed by atoms with Gasteiger partial charge >= 0.3 is 0 Å². The van der Waals surface area contributed by atoms with Crippen LogP contribution in [0.1, 0.15) is 33.0 Å². The van der Waals surface area contributed by atoms with E-state index in [9.17, 15) is 15.0 Å². The Morgan fingerprint density at radius 1 is 0.974 bits per heavy atom. The first-order chi connectivity index (χ1) is 18.5. The van der Waals surface area contributed by atoms with Gasteiger partial charge in [0.2, 0.25) is 0 Å². The summed E-state index contributed by atoms with van der Waals surface area (Å²) in [5.74, 6) is -0.358. The second kappa shape index (κ2) is 12.2. The van der Waals surface area contributed by atoms with Gasteiger partial charge in [-0.15, -0.1) is 23.1 Å². The van der Waals surface area contributed by atoms with Gasteiger partial charge in [-0.1, -0.05) is 48.5 Å². The molecule has 2 atom stereocenters. The smallest absolute Gasteiger partial charge is 0.255 e. The fourth-order valence-electron chi connectivity index (χ4n) is 4.91. The molecular formula is C30H33N3O3S2. The summed E-state index contributed by atoms with van der Waals surface area (Å²) in [6, 6.07) is 23.3. The number of nitrogens with zero attached hydrogens (tertiary/aromatic N) is 2. The molecule has 6 nitrogen and oxygen atoms in total. The molecule has 2 heterocycles. The molecule has 1 saturated heterocycles. The van der Waals surface area contributed by atoms with E-state index in [1.807, 2.05) is 29.2 Å². The monoisotopic (exact) mass is 547 g/mol. The Labute approximate surface area is 231 Å². The first-order valence-electron chi connectivity index (χ1n) is 12.9. The van der Waals surface area contributed by atoms with Crippen molar-refractivity contribution in [3.63, 3.8) is 0 Å². The fraction of sp³-hybridized carbons (Fsp3) is 0.300. The molecule has 1 aliphatic rings. The number of nitrogens with one attached hydrogen (secondary N) is 1. The zero-order valence-corrected chi connectivity index (χ0v) is 23.0. The van der Waals surface area contributed by atoms with Crippen LogP contribution in [0.3, 0.4) is 0 Å². The highest BCUT2D eigenvalue weighted by atomic mass is 32.2. The summed E-state index contributed by atoms with van der Waals surface area (Å²) in [5, 5.41) is 27.4. The number of phenols is 2. The lowest BCUT2D eigenvalue weighted by molar-refractivity contribution is 0.0932. The lowest BCUT2D eigenvalue weighted by Gasteiger charge is -2.38. The van der Waals surface area contributed by atoms with Gasteiger partial charge in [0, 0.05) is 49.5 Å². The van der Waals surface area contributed by atoms with Crippen molar-refractivity contribution in [2.45, 2.75) is 17.5 Å². The van der Waals surface area contributed by atoms with Crippen LogP contribution in [0.25, 0.3) is 10.8 Å². The van der Waals surface area contributed by atoms with Crippen LogP contribution >= 0.6 is 23.1 Å². The van der Waals surface area contributed by atoms with E-state index in [0.29, 0.717) is 27.9 Å². The highest BCUT2D eigenvalue weighted by molar-refractivity contribution is 8.00. The number of thioether (sulfide) groups is 1. The molecule has 1 fully saturated rings. The third-order valence-electron chi connectivity index (χ3n) is 7.09. The summed E-state index contributed by atoms with van der Waals surface area (Å²) in [4.78, 5) is 19.0. The van der Waals surface area contributed by atoms with Gasteiger partial charge in [-0.25, -0.2) is 0 Å². The first-order valence-corrected chi connectivity index (χ1v) is 14.7. The van der Waals surface area contributed by atoms with Gasteiger partial charge in [0.25, 0.3) is 5.91 Å². The van der Waals surface area contributed by atoms with Gasteiger partial charge in [-0.05, 0) is 47.5 Å². The van der Waals surface area contributed by atoms with Crippen LogP contribution in [0.4, 0.5) is 0 Å². The molecule has 1 amide bonds. The summed E-state index contributed by atoms with van der Waals surface area (Å²) in [5.41, 5.74) is 1.56. The predicted octanol–water partition coefficient (Wildman–Crippen LogP) is 5.53. The molecule has 1 aromatic heterocycles. The maximum Gasteiger partial charge on any atom is 0.255 e. The second-order valence-corrected chi connectivity index (χ2v) is 11.9. The Bertz CT molecular complexity index is 1360. The van der Waals surface area contributed by atoms with Crippen LogP contribution in [0.5, 0.6) is 11.5 Å². The third kappa shape index (κ3) is 6.15. The Morgan fingerprint density at radius 2 is 1.76 bits per heavy atom. The Morgan fingerprint density at radius 3 is 2.50 bits per heavy atom. The summed E-state index contributed by atoms with van der Waals surface area (Å²) >= 11 is 3.82. The van der Waals surface area contributed by atoms with Crippen molar-refractivity contribution in [2.75, 3.05) is 39.3 Å². The molecular weight excluding hydrogens is 514 g/mol. The van der Waals surface area contributed by atoms with Crippen molar-refractivity contribution in [1.82, 2.24) is 15.1 Å². The Balaban J connectivity index is 1.11.